The van der Waals surface area contributed by atoms with E-state index in [2.05, 4.69) is 5.32 Å². The second-order valence-corrected chi connectivity index (χ2v) is 2.13. The van der Waals surface area contributed by atoms with Gasteiger partial charge in [0.05, 0.1) is 6.10 Å². The molecule has 0 aliphatic heterocycles. The van der Waals surface area contributed by atoms with Crippen LogP contribution in [0.15, 0.2) is 0 Å². The van der Waals surface area contributed by atoms with E-state index < -0.39 is 0 Å². The van der Waals surface area contributed by atoms with Gasteiger partial charge in [0, 0.05) is 13.2 Å². The first kappa shape index (κ1) is 8.88. The molecule has 0 aromatic heterocycles. The summed E-state index contributed by atoms with van der Waals surface area (Å²) in [5, 5.41) is 20.0. The summed E-state index contributed by atoms with van der Waals surface area (Å²) in [6.07, 6.45) is 0.468. The van der Waals surface area contributed by atoms with Gasteiger partial charge >= 0.3 is 0 Å². The van der Waals surface area contributed by atoms with Crippen LogP contribution in [0.25, 0.3) is 0 Å². The van der Waals surface area contributed by atoms with Crippen LogP contribution < -0.4 is 5.32 Å². The van der Waals surface area contributed by atoms with E-state index in [1.807, 2.05) is 0 Å². The van der Waals surface area contributed by atoms with Crippen LogP contribution in [0.5, 0.6) is 0 Å². The van der Waals surface area contributed by atoms with Crippen molar-refractivity contribution in [3.05, 3.63) is 0 Å². The van der Waals surface area contributed by atoms with Crippen LogP contribution in [0.4, 0.5) is 0 Å². The van der Waals surface area contributed by atoms with Crippen molar-refractivity contribution in [3.63, 3.8) is 0 Å². The Hall–Kier alpha value is -0.120. The molecule has 0 aromatic rings. The Balaban J connectivity index is 2.75. The van der Waals surface area contributed by atoms with Crippen molar-refractivity contribution >= 4 is 0 Å². The van der Waals surface area contributed by atoms with Gasteiger partial charge in [-0.3, -0.25) is 0 Å². The first-order valence-electron chi connectivity index (χ1n) is 3.27. The summed E-state index contributed by atoms with van der Waals surface area (Å²) in [4.78, 5) is 0. The summed E-state index contributed by atoms with van der Waals surface area (Å²) in [6, 6.07) is 0. The molecule has 0 rings (SSSR count). The normalized spacial score (nSPS) is 13.7. The molecule has 0 saturated heterocycles. The highest BCUT2D eigenvalue weighted by atomic mass is 16.3. The second-order valence-electron chi connectivity index (χ2n) is 2.13. The SMILES string of the molecule is C[C@@H](O)CNCCCO. The van der Waals surface area contributed by atoms with Gasteiger partial charge in [-0.25, -0.2) is 0 Å². The molecule has 0 radical (unpaired) electrons. The maximum Gasteiger partial charge on any atom is 0.0636 e. The predicted molar refractivity (Wildman–Crippen MR) is 36.3 cm³/mol. The Bertz CT molecular complexity index is 57.0. The van der Waals surface area contributed by atoms with E-state index in [1.54, 1.807) is 6.92 Å². The lowest BCUT2D eigenvalue weighted by Crippen LogP contribution is -2.25. The molecule has 0 bridgehead atoms. The van der Waals surface area contributed by atoms with Crippen LogP contribution in [-0.4, -0.2) is 36.0 Å². The predicted octanol–water partition coefficient (Wildman–Crippen LogP) is -0.661. The highest BCUT2D eigenvalue weighted by molar-refractivity contribution is 4.51. The molecule has 0 amide bonds. The third kappa shape index (κ3) is 7.88. The zero-order valence-corrected chi connectivity index (χ0v) is 5.80. The van der Waals surface area contributed by atoms with Gasteiger partial charge in [-0.15, -0.1) is 0 Å². The Kier molecular flexibility index (Phi) is 5.93. The van der Waals surface area contributed by atoms with Gasteiger partial charge in [0.15, 0.2) is 0 Å². The van der Waals surface area contributed by atoms with E-state index >= 15 is 0 Å². The molecular weight excluding hydrogens is 118 g/mol. The summed E-state index contributed by atoms with van der Waals surface area (Å²) in [6.45, 7) is 3.33. The monoisotopic (exact) mass is 133 g/mol. The van der Waals surface area contributed by atoms with Gasteiger partial charge in [-0.05, 0) is 19.9 Å². The molecule has 1 atom stereocenters. The zero-order chi connectivity index (χ0) is 7.11. The third-order valence-corrected chi connectivity index (χ3v) is 0.951. The Morgan fingerprint density at radius 1 is 1.56 bits per heavy atom. The minimum atomic E-state index is -0.288. The molecule has 0 heterocycles. The first-order chi connectivity index (χ1) is 4.27. The number of aliphatic hydroxyl groups is 2. The molecule has 0 fully saturated rings. The van der Waals surface area contributed by atoms with Gasteiger partial charge < -0.3 is 15.5 Å². The van der Waals surface area contributed by atoms with Crippen molar-refractivity contribution in [3.8, 4) is 0 Å². The van der Waals surface area contributed by atoms with Crippen molar-refractivity contribution in [2.75, 3.05) is 19.7 Å². The smallest absolute Gasteiger partial charge is 0.0636 e. The number of rotatable bonds is 5. The Labute approximate surface area is 55.7 Å². The van der Waals surface area contributed by atoms with E-state index in [-0.39, 0.29) is 12.7 Å². The fraction of sp³-hybridized carbons (Fsp3) is 1.00. The molecule has 3 N–H and O–H groups in total. The molecule has 0 unspecified atom stereocenters. The average molecular weight is 133 g/mol. The molecule has 0 aliphatic rings. The lowest BCUT2D eigenvalue weighted by Gasteiger charge is -2.04. The topological polar surface area (TPSA) is 52.5 Å². The maximum atomic E-state index is 8.73. The average Bonchev–Trinajstić information content (AvgIpc) is 1.80. The van der Waals surface area contributed by atoms with Crippen molar-refractivity contribution in [1.82, 2.24) is 5.32 Å². The highest BCUT2D eigenvalue weighted by Gasteiger charge is 1.91. The number of aliphatic hydroxyl groups excluding tert-OH is 2. The van der Waals surface area contributed by atoms with Crippen LogP contribution in [0.2, 0.25) is 0 Å². The molecule has 0 aromatic carbocycles. The first-order valence-corrected chi connectivity index (χ1v) is 3.27. The maximum absolute atomic E-state index is 8.73. The van der Waals surface area contributed by atoms with Crippen LogP contribution in [-0.2, 0) is 0 Å². The van der Waals surface area contributed by atoms with E-state index in [0.717, 1.165) is 13.0 Å². The largest absolute Gasteiger partial charge is 0.396 e. The Morgan fingerprint density at radius 3 is 2.67 bits per heavy atom. The lowest BCUT2D eigenvalue weighted by atomic mass is 10.4. The van der Waals surface area contributed by atoms with Crippen LogP contribution >= 0.6 is 0 Å². The van der Waals surface area contributed by atoms with Crippen LogP contribution in [0.1, 0.15) is 13.3 Å². The van der Waals surface area contributed by atoms with E-state index in [9.17, 15) is 0 Å². The van der Waals surface area contributed by atoms with Crippen molar-refractivity contribution in [1.29, 1.82) is 0 Å². The molecule has 0 saturated carbocycles. The van der Waals surface area contributed by atoms with Crippen LogP contribution in [0.3, 0.4) is 0 Å². The van der Waals surface area contributed by atoms with Gasteiger partial charge in [-0.2, -0.15) is 0 Å². The summed E-state index contributed by atoms with van der Waals surface area (Å²) < 4.78 is 0. The van der Waals surface area contributed by atoms with E-state index in [1.165, 1.54) is 0 Å². The molecular formula is C6H15NO2. The van der Waals surface area contributed by atoms with Crippen molar-refractivity contribution in [2.24, 2.45) is 0 Å². The fourth-order valence-electron chi connectivity index (χ4n) is 0.515. The molecule has 9 heavy (non-hydrogen) atoms. The molecule has 0 spiro atoms. The minimum absolute atomic E-state index is 0.215. The Morgan fingerprint density at radius 2 is 2.22 bits per heavy atom. The standard InChI is InChI=1S/C6H15NO2/c1-6(9)5-7-3-2-4-8/h6-9H,2-5H2,1H3/t6-/m1/s1. The van der Waals surface area contributed by atoms with E-state index in [4.69, 9.17) is 10.2 Å². The summed E-state index contributed by atoms with van der Waals surface area (Å²) in [5.41, 5.74) is 0. The molecule has 0 aliphatic carbocycles. The van der Waals surface area contributed by atoms with Crippen LogP contribution in [0, 0.1) is 0 Å². The van der Waals surface area contributed by atoms with E-state index in [0.29, 0.717) is 6.54 Å². The highest BCUT2D eigenvalue weighted by Crippen LogP contribution is 1.75. The fourth-order valence-corrected chi connectivity index (χ4v) is 0.515. The third-order valence-electron chi connectivity index (χ3n) is 0.951. The number of hydrogen-bond acceptors (Lipinski definition) is 3. The summed E-state index contributed by atoms with van der Waals surface area (Å²) in [7, 11) is 0. The van der Waals surface area contributed by atoms with Gasteiger partial charge in [0.2, 0.25) is 0 Å². The van der Waals surface area contributed by atoms with Crippen molar-refractivity contribution < 1.29 is 10.2 Å². The minimum Gasteiger partial charge on any atom is -0.396 e. The van der Waals surface area contributed by atoms with Gasteiger partial charge in [0.25, 0.3) is 0 Å². The number of nitrogens with one attached hydrogen (secondary N) is 1. The molecule has 3 heteroatoms. The summed E-state index contributed by atoms with van der Waals surface area (Å²) >= 11 is 0. The quantitative estimate of drug-likeness (QED) is 0.436. The molecule has 3 nitrogen and oxygen atoms in total. The lowest BCUT2D eigenvalue weighted by molar-refractivity contribution is 0.189. The van der Waals surface area contributed by atoms with Gasteiger partial charge in [-0.1, -0.05) is 0 Å². The summed E-state index contributed by atoms with van der Waals surface area (Å²) in [5.74, 6) is 0. The molecule has 56 valence electrons. The second kappa shape index (κ2) is 6.01. The van der Waals surface area contributed by atoms with Gasteiger partial charge in [0.1, 0.15) is 0 Å². The zero-order valence-electron chi connectivity index (χ0n) is 5.80. The van der Waals surface area contributed by atoms with Crippen molar-refractivity contribution in [2.45, 2.75) is 19.4 Å². The number of hydrogen-bond donors (Lipinski definition) is 3.